The Labute approximate surface area is 90.0 Å². The molecule has 15 heavy (non-hydrogen) atoms. The van der Waals surface area contributed by atoms with Gasteiger partial charge in [0, 0.05) is 6.54 Å². The maximum atomic E-state index is 12.1. The molecule has 0 aromatic rings. The van der Waals surface area contributed by atoms with Gasteiger partial charge in [-0.05, 0) is 32.1 Å². The Balaban J connectivity index is 2.12. The zero-order chi connectivity index (χ0) is 11.0. The Morgan fingerprint density at radius 2 is 2.07 bits per heavy atom. The van der Waals surface area contributed by atoms with Gasteiger partial charge in [0.05, 0.1) is 0 Å². The van der Waals surface area contributed by atoms with E-state index in [-0.39, 0.29) is 23.9 Å². The van der Waals surface area contributed by atoms with E-state index < -0.39 is 0 Å². The highest BCUT2D eigenvalue weighted by molar-refractivity contribution is 5.97. The van der Waals surface area contributed by atoms with Crippen molar-refractivity contribution >= 4 is 11.8 Å². The van der Waals surface area contributed by atoms with Crippen molar-refractivity contribution in [2.75, 3.05) is 6.54 Å². The lowest BCUT2D eigenvalue weighted by Crippen LogP contribution is -2.63. The first-order chi connectivity index (χ1) is 7.15. The van der Waals surface area contributed by atoms with Gasteiger partial charge < -0.3 is 10.2 Å². The summed E-state index contributed by atoms with van der Waals surface area (Å²) in [6.45, 7) is 4.52. The van der Waals surface area contributed by atoms with Crippen molar-refractivity contribution in [2.45, 2.75) is 45.2 Å². The summed E-state index contributed by atoms with van der Waals surface area (Å²) in [4.78, 5) is 25.5. The summed E-state index contributed by atoms with van der Waals surface area (Å²) in [5.41, 5.74) is 0. The van der Waals surface area contributed by atoms with E-state index in [4.69, 9.17) is 0 Å². The molecule has 1 aliphatic heterocycles. The van der Waals surface area contributed by atoms with E-state index in [1.165, 1.54) is 0 Å². The van der Waals surface area contributed by atoms with Crippen LogP contribution in [-0.2, 0) is 9.59 Å². The molecule has 84 valence electrons. The van der Waals surface area contributed by atoms with Crippen molar-refractivity contribution in [3.8, 4) is 0 Å². The van der Waals surface area contributed by atoms with Crippen LogP contribution in [0.25, 0.3) is 0 Å². The third kappa shape index (κ3) is 1.85. The first-order valence-electron chi connectivity index (χ1n) is 5.76. The van der Waals surface area contributed by atoms with Crippen LogP contribution in [0, 0.1) is 5.92 Å². The molecular weight excluding hydrogens is 192 g/mol. The highest BCUT2D eigenvalue weighted by Crippen LogP contribution is 2.34. The number of nitrogens with zero attached hydrogens (tertiary/aromatic N) is 1. The zero-order valence-electron chi connectivity index (χ0n) is 9.32. The minimum atomic E-state index is -0.299. The number of piperazine rings is 1. The molecule has 2 aliphatic rings. The average molecular weight is 210 g/mol. The molecule has 0 aromatic carbocycles. The molecule has 2 unspecified atom stereocenters. The van der Waals surface area contributed by atoms with Gasteiger partial charge in [0.25, 0.3) is 0 Å². The van der Waals surface area contributed by atoms with Crippen LogP contribution in [0.5, 0.6) is 0 Å². The maximum absolute atomic E-state index is 12.1. The number of hydrogen-bond donors (Lipinski definition) is 1. The highest BCUT2D eigenvalue weighted by Gasteiger charge is 2.44. The van der Waals surface area contributed by atoms with Crippen LogP contribution in [0.1, 0.15) is 33.1 Å². The SMILES string of the molecule is CCCN1C(=O)C(C2CC2)NC(=O)C1C. The smallest absolute Gasteiger partial charge is 0.246 e. The van der Waals surface area contributed by atoms with Crippen molar-refractivity contribution in [3.05, 3.63) is 0 Å². The Kier molecular flexibility index (Phi) is 2.67. The molecule has 2 amide bonds. The van der Waals surface area contributed by atoms with Crippen LogP contribution in [0.15, 0.2) is 0 Å². The number of carbonyl (C=O) groups excluding carboxylic acids is 2. The van der Waals surface area contributed by atoms with E-state index >= 15 is 0 Å². The van der Waals surface area contributed by atoms with E-state index in [1.807, 2.05) is 6.92 Å². The molecule has 0 bridgehead atoms. The molecule has 1 heterocycles. The van der Waals surface area contributed by atoms with Crippen molar-refractivity contribution < 1.29 is 9.59 Å². The number of hydrogen-bond acceptors (Lipinski definition) is 2. The molecule has 2 atom stereocenters. The molecular formula is C11H18N2O2. The maximum Gasteiger partial charge on any atom is 0.246 e. The fourth-order valence-corrected chi connectivity index (χ4v) is 2.14. The summed E-state index contributed by atoms with van der Waals surface area (Å²) in [7, 11) is 0. The molecule has 1 saturated carbocycles. The lowest BCUT2D eigenvalue weighted by atomic mass is 10.0. The summed E-state index contributed by atoms with van der Waals surface area (Å²) in [6, 6.07) is -0.535. The van der Waals surface area contributed by atoms with E-state index in [1.54, 1.807) is 11.8 Å². The Bertz CT molecular complexity index is 286. The second-order valence-corrected chi connectivity index (χ2v) is 4.53. The fraction of sp³-hybridized carbons (Fsp3) is 0.818. The molecule has 0 radical (unpaired) electrons. The predicted molar refractivity (Wildman–Crippen MR) is 56.1 cm³/mol. The second-order valence-electron chi connectivity index (χ2n) is 4.53. The first kappa shape index (κ1) is 10.5. The van der Waals surface area contributed by atoms with Crippen LogP contribution in [0.4, 0.5) is 0 Å². The van der Waals surface area contributed by atoms with Crippen LogP contribution in [-0.4, -0.2) is 35.3 Å². The van der Waals surface area contributed by atoms with Crippen molar-refractivity contribution in [3.63, 3.8) is 0 Å². The Morgan fingerprint density at radius 1 is 1.40 bits per heavy atom. The summed E-state index contributed by atoms with van der Waals surface area (Å²) in [5.74, 6) is 0.514. The molecule has 1 saturated heterocycles. The molecule has 4 heteroatoms. The highest BCUT2D eigenvalue weighted by atomic mass is 16.2. The van der Waals surface area contributed by atoms with Crippen LogP contribution < -0.4 is 5.32 Å². The zero-order valence-corrected chi connectivity index (χ0v) is 9.32. The van der Waals surface area contributed by atoms with Crippen molar-refractivity contribution in [1.82, 2.24) is 10.2 Å². The largest absolute Gasteiger partial charge is 0.342 e. The average Bonchev–Trinajstić information content (AvgIpc) is 3.02. The normalized spacial score (nSPS) is 31.7. The Hall–Kier alpha value is -1.06. The van der Waals surface area contributed by atoms with Crippen LogP contribution in [0.2, 0.25) is 0 Å². The van der Waals surface area contributed by atoms with Gasteiger partial charge in [-0.25, -0.2) is 0 Å². The third-order valence-electron chi connectivity index (χ3n) is 3.25. The van der Waals surface area contributed by atoms with Crippen LogP contribution in [0.3, 0.4) is 0 Å². The monoisotopic (exact) mass is 210 g/mol. The molecule has 1 N–H and O–H groups in total. The third-order valence-corrected chi connectivity index (χ3v) is 3.25. The number of amides is 2. The molecule has 4 nitrogen and oxygen atoms in total. The minimum absolute atomic E-state index is 0.0000463. The molecule has 2 rings (SSSR count). The summed E-state index contributed by atoms with van der Waals surface area (Å²) < 4.78 is 0. The second kappa shape index (κ2) is 3.83. The van der Waals surface area contributed by atoms with Crippen molar-refractivity contribution in [1.29, 1.82) is 0 Å². The summed E-state index contributed by atoms with van der Waals surface area (Å²) in [6.07, 6.45) is 3.05. The quantitative estimate of drug-likeness (QED) is 0.738. The van der Waals surface area contributed by atoms with Crippen molar-refractivity contribution in [2.24, 2.45) is 5.92 Å². The lowest BCUT2D eigenvalue weighted by molar-refractivity contribution is -0.149. The van der Waals surface area contributed by atoms with Gasteiger partial charge in [-0.2, -0.15) is 0 Å². The predicted octanol–water partition coefficient (Wildman–Crippen LogP) is 0.522. The van der Waals surface area contributed by atoms with E-state index in [0.29, 0.717) is 12.5 Å². The van der Waals surface area contributed by atoms with Gasteiger partial charge in [-0.3, -0.25) is 9.59 Å². The van der Waals surface area contributed by atoms with Gasteiger partial charge in [-0.15, -0.1) is 0 Å². The minimum Gasteiger partial charge on any atom is -0.342 e. The lowest BCUT2D eigenvalue weighted by Gasteiger charge is -2.37. The summed E-state index contributed by atoms with van der Waals surface area (Å²) in [5, 5.41) is 2.84. The molecule has 0 spiro atoms. The first-order valence-corrected chi connectivity index (χ1v) is 5.76. The topological polar surface area (TPSA) is 49.4 Å². The number of carbonyl (C=O) groups is 2. The molecule has 1 aliphatic carbocycles. The van der Waals surface area contributed by atoms with Gasteiger partial charge in [0.1, 0.15) is 12.1 Å². The van der Waals surface area contributed by atoms with Gasteiger partial charge in [-0.1, -0.05) is 6.92 Å². The summed E-state index contributed by atoms with van der Waals surface area (Å²) >= 11 is 0. The fourth-order valence-electron chi connectivity index (χ4n) is 2.14. The number of nitrogens with one attached hydrogen (secondary N) is 1. The Morgan fingerprint density at radius 3 is 2.60 bits per heavy atom. The van der Waals surface area contributed by atoms with E-state index in [2.05, 4.69) is 5.32 Å². The molecule has 0 aromatic heterocycles. The van der Waals surface area contributed by atoms with Crippen LogP contribution >= 0.6 is 0 Å². The van der Waals surface area contributed by atoms with Gasteiger partial charge in [0.2, 0.25) is 11.8 Å². The van der Waals surface area contributed by atoms with E-state index in [9.17, 15) is 9.59 Å². The standard InChI is InChI=1S/C11H18N2O2/c1-3-6-13-7(2)10(14)12-9(11(13)15)8-4-5-8/h7-9H,3-6H2,1-2H3,(H,12,14). The molecule has 2 fully saturated rings. The number of rotatable bonds is 3. The van der Waals surface area contributed by atoms with Gasteiger partial charge >= 0.3 is 0 Å². The van der Waals surface area contributed by atoms with Gasteiger partial charge in [0.15, 0.2) is 0 Å². The van der Waals surface area contributed by atoms with E-state index in [0.717, 1.165) is 19.3 Å².